The summed E-state index contributed by atoms with van der Waals surface area (Å²) in [5.74, 6) is -0.152. The number of carbonyl (C=O) groups is 1. The number of rotatable bonds is 3. The highest BCUT2D eigenvalue weighted by Crippen LogP contribution is 2.54. The van der Waals surface area contributed by atoms with E-state index in [-0.39, 0.29) is 35.4 Å². The van der Waals surface area contributed by atoms with Gasteiger partial charge in [-0.1, -0.05) is 37.3 Å². The van der Waals surface area contributed by atoms with Crippen molar-refractivity contribution in [1.29, 1.82) is 0 Å². The molecule has 3 aliphatic heterocycles. The van der Waals surface area contributed by atoms with Crippen LogP contribution in [0.2, 0.25) is 0 Å². The first-order valence-electron chi connectivity index (χ1n) is 8.30. The fourth-order valence-corrected chi connectivity index (χ4v) is 4.39. The molecule has 0 spiro atoms. The van der Waals surface area contributed by atoms with Crippen molar-refractivity contribution in [3.8, 4) is 0 Å². The van der Waals surface area contributed by atoms with Gasteiger partial charge in [-0.3, -0.25) is 4.79 Å². The number of esters is 1. The number of benzene rings is 1. The van der Waals surface area contributed by atoms with E-state index < -0.39 is 6.00 Å². The summed E-state index contributed by atoms with van der Waals surface area (Å²) in [6, 6.07) is 9.29. The van der Waals surface area contributed by atoms with Gasteiger partial charge < -0.3 is 14.2 Å². The number of ether oxygens (including phenoxy) is 3. The van der Waals surface area contributed by atoms with Crippen LogP contribution >= 0.6 is 0 Å². The Balaban J connectivity index is 1.47. The summed E-state index contributed by atoms with van der Waals surface area (Å²) in [6.07, 6.45) is 1.29. The zero-order chi connectivity index (χ0) is 16.0. The predicted molar refractivity (Wildman–Crippen MR) is 84.7 cm³/mol. The summed E-state index contributed by atoms with van der Waals surface area (Å²) < 4.78 is 17.3. The van der Waals surface area contributed by atoms with Crippen LogP contribution in [0.15, 0.2) is 30.3 Å². The van der Waals surface area contributed by atoms with Crippen molar-refractivity contribution in [2.24, 2.45) is 17.3 Å². The smallest absolute Gasteiger partial charge is 0.311 e. The van der Waals surface area contributed by atoms with Gasteiger partial charge in [0.15, 0.2) is 0 Å². The molecule has 5 rings (SSSR count). The van der Waals surface area contributed by atoms with E-state index >= 15 is 0 Å². The zero-order valence-corrected chi connectivity index (χ0v) is 13.3. The van der Waals surface area contributed by atoms with Gasteiger partial charge in [-0.25, -0.2) is 0 Å². The molecule has 4 nitrogen and oxygen atoms in total. The van der Waals surface area contributed by atoms with Gasteiger partial charge in [0.05, 0.1) is 24.7 Å². The fourth-order valence-electron chi connectivity index (χ4n) is 4.39. The minimum absolute atomic E-state index is 0.0691. The fraction of sp³-hybridized carbons (Fsp3) is 0.611. The van der Waals surface area contributed by atoms with Crippen molar-refractivity contribution >= 4 is 13.8 Å². The molecule has 4 fully saturated rings. The van der Waals surface area contributed by atoms with Crippen molar-refractivity contribution in [2.75, 3.05) is 6.61 Å². The Morgan fingerprint density at radius 3 is 2.96 bits per heavy atom. The molecule has 1 saturated carbocycles. The highest BCUT2D eigenvalue weighted by Gasteiger charge is 2.59. The Bertz CT molecular complexity index is 592. The Hall–Kier alpha value is -1.33. The molecule has 1 aliphatic carbocycles. The third-order valence-electron chi connectivity index (χ3n) is 5.70. The van der Waals surface area contributed by atoms with E-state index in [1.165, 1.54) is 0 Å². The minimum atomic E-state index is -0.443. The molecule has 1 aromatic carbocycles. The average molecular weight is 312 g/mol. The minimum Gasteiger partial charge on any atom is -0.461 e. The van der Waals surface area contributed by atoms with Crippen LogP contribution in [0.4, 0.5) is 0 Å². The van der Waals surface area contributed by atoms with Crippen molar-refractivity contribution < 1.29 is 19.0 Å². The van der Waals surface area contributed by atoms with Gasteiger partial charge in [0.2, 0.25) is 0 Å². The number of carbonyl (C=O) groups excluding carboxylic acids is 1. The molecule has 3 heterocycles. The molecule has 6 atom stereocenters. The van der Waals surface area contributed by atoms with Crippen LogP contribution < -0.4 is 0 Å². The van der Waals surface area contributed by atoms with Crippen LogP contribution in [0.1, 0.15) is 25.3 Å². The van der Waals surface area contributed by atoms with Crippen molar-refractivity contribution in [3.05, 3.63) is 35.9 Å². The highest BCUT2D eigenvalue weighted by molar-refractivity contribution is 6.11. The Morgan fingerprint density at radius 1 is 1.39 bits per heavy atom. The van der Waals surface area contributed by atoms with Gasteiger partial charge in [0, 0.05) is 6.00 Å². The van der Waals surface area contributed by atoms with E-state index in [4.69, 9.17) is 22.1 Å². The van der Waals surface area contributed by atoms with Crippen LogP contribution in [0.3, 0.4) is 0 Å². The van der Waals surface area contributed by atoms with Crippen LogP contribution in [0, 0.1) is 17.3 Å². The first-order chi connectivity index (χ1) is 11.1. The molecule has 2 radical (unpaired) electrons. The molecule has 1 aromatic rings. The van der Waals surface area contributed by atoms with E-state index in [0.717, 1.165) is 18.4 Å². The van der Waals surface area contributed by atoms with E-state index in [9.17, 15) is 4.79 Å². The molecule has 5 heteroatoms. The first kappa shape index (κ1) is 15.2. The molecule has 120 valence electrons. The highest BCUT2D eigenvalue weighted by atomic mass is 16.6. The summed E-state index contributed by atoms with van der Waals surface area (Å²) >= 11 is 0. The summed E-state index contributed by atoms with van der Waals surface area (Å²) in [6.45, 7) is 3.23. The van der Waals surface area contributed by atoms with Crippen LogP contribution in [0.5, 0.6) is 0 Å². The van der Waals surface area contributed by atoms with Crippen LogP contribution in [-0.4, -0.2) is 38.6 Å². The van der Waals surface area contributed by atoms with E-state index in [1.54, 1.807) is 0 Å². The summed E-state index contributed by atoms with van der Waals surface area (Å²) in [7, 11) is 6.12. The monoisotopic (exact) mass is 312 g/mol. The maximum absolute atomic E-state index is 12.6. The summed E-state index contributed by atoms with van der Waals surface area (Å²) in [5, 5.41) is 0. The quantitative estimate of drug-likeness (QED) is 0.633. The second-order valence-electron chi connectivity index (χ2n) is 7.31. The Kier molecular flexibility index (Phi) is 3.73. The van der Waals surface area contributed by atoms with Crippen molar-refractivity contribution in [1.82, 2.24) is 0 Å². The molecule has 4 bridgehead atoms. The van der Waals surface area contributed by atoms with Crippen molar-refractivity contribution in [3.63, 3.8) is 0 Å². The standard InChI is InChI=1S/C18H21BO4/c1-18-8-14-12(7-13(18)15(22-10-18)16(19)23-14)17(20)21-9-11-5-3-2-4-6-11/h2-6,12-16H,7-10H2,1H3/t12?,13?,14?,15?,16-,18?/m1/s1. The van der Waals surface area contributed by atoms with Crippen LogP contribution in [0.25, 0.3) is 0 Å². The maximum atomic E-state index is 12.6. The van der Waals surface area contributed by atoms with Gasteiger partial charge in [-0.15, -0.1) is 0 Å². The lowest BCUT2D eigenvalue weighted by atomic mass is 9.63. The van der Waals surface area contributed by atoms with Crippen LogP contribution in [-0.2, 0) is 25.6 Å². The third kappa shape index (κ3) is 2.60. The second kappa shape index (κ2) is 5.64. The van der Waals surface area contributed by atoms with Gasteiger partial charge in [-0.2, -0.15) is 0 Å². The lowest BCUT2D eigenvalue weighted by molar-refractivity contribution is -0.161. The number of fused-ring (bicyclic) bond motifs is 2. The maximum Gasteiger partial charge on any atom is 0.311 e. The lowest BCUT2D eigenvalue weighted by Gasteiger charge is -2.40. The van der Waals surface area contributed by atoms with E-state index in [2.05, 4.69) is 6.92 Å². The second-order valence-corrected chi connectivity index (χ2v) is 7.31. The largest absolute Gasteiger partial charge is 0.461 e. The first-order valence-corrected chi connectivity index (χ1v) is 8.30. The molecule has 4 aliphatic rings. The molecular formula is C18H21BO4. The lowest BCUT2D eigenvalue weighted by Crippen LogP contribution is -2.44. The molecule has 23 heavy (non-hydrogen) atoms. The summed E-state index contributed by atoms with van der Waals surface area (Å²) in [5.41, 5.74) is 1.06. The molecule has 0 aromatic heterocycles. The SMILES string of the molecule is [B][C@@H]1OC2CC3(C)COC1C3CC2C(=O)OCc1ccccc1. The van der Waals surface area contributed by atoms with E-state index in [1.807, 2.05) is 30.3 Å². The number of hydrogen-bond donors (Lipinski definition) is 0. The molecule has 3 saturated heterocycles. The molecular weight excluding hydrogens is 291 g/mol. The third-order valence-corrected chi connectivity index (χ3v) is 5.70. The van der Waals surface area contributed by atoms with Crippen molar-refractivity contribution in [2.45, 2.75) is 44.6 Å². The average Bonchev–Trinajstić information content (AvgIpc) is 2.76. The van der Waals surface area contributed by atoms with Gasteiger partial charge in [0.25, 0.3) is 0 Å². The molecule has 0 N–H and O–H groups in total. The molecule has 5 unspecified atom stereocenters. The predicted octanol–water partition coefficient (Wildman–Crippen LogP) is 2.05. The molecule has 0 amide bonds. The van der Waals surface area contributed by atoms with Gasteiger partial charge >= 0.3 is 5.97 Å². The Morgan fingerprint density at radius 2 is 2.17 bits per heavy atom. The van der Waals surface area contributed by atoms with Gasteiger partial charge in [-0.05, 0) is 29.7 Å². The van der Waals surface area contributed by atoms with Gasteiger partial charge in [0.1, 0.15) is 14.5 Å². The topological polar surface area (TPSA) is 44.8 Å². The Labute approximate surface area is 137 Å². The number of hydrogen-bond acceptors (Lipinski definition) is 4. The van der Waals surface area contributed by atoms with E-state index in [0.29, 0.717) is 13.2 Å². The normalized spacial score (nSPS) is 41.5. The summed E-state index contributed by atoms with van der Waals surface area (Å²) in [4.78, 5) is 12.6. The zero-order valence-electron chi connectivity index (χ0n) is 13.3.